The van der Waals surface area contributed by atoms with Gasteiger partial charge in [0.1, 0.15) is 5.69 Å². The van der Waals surface area contributed by atoms with E-state index in [0.717, 1.165) is 36.2 Å². The van der Waals surface area contributed by atoms with E-state index in [9.17, 15) is 0 Å². The lowest BCUT2D eigenvalue weighted by molar-refractivity contribution is 0.317. The van der Waals surface area contributed by atoms with E-state index in [0.29, 0.717) is 0 Å². The second-order valence-electron chi connectivity index (χ2n) is 5.10. The molecule has 20 heavy (non-hydrogen) atoms. The summed E-state index contributed by atoms with van der Waals surface area (Å²) in [5, 5.41) is 5.28. The van der Waals surface area contributed by atoms with Crippen LogP contribution in [-0.4, -0.2) is 23.6 Å². The van der Waals surface area contributed by atoms with Gasteiger partial charge in [0.05, 0.1) is 0 Å². The molecule has 0 aliphatic rings. The Labute approximate surface area is 118 Å². The minimum atomic E-state index is 0.809. The van der Waals surface area contributed by atoms with Crippen LogP contribution in [0.2, 0.25) is 0 Å². The molecule has 3 rings (SSSR count). The zero-order valence-corrected chi connectivity index (χ0v) is 11.6. The van der Waals surface area contributed by atoms with Crippen LogP contribution in [0, 0.1) is 0 Å². The van der Waals surface area contributed by atoms with Crippen molar-refractivity contribution in [2.75, 3.05) is 13.6 Å². The van der Waals surface area contributed by atoms with E-state index in [-0.39, 0.29) is 0 Å². The quantitative estimate of drug-likeness (QED) is 0.707. The Kier molecular flexibility index (Phi) is 3.79. The SMILES string of the molecule is CN(CCc1ccccc1)Cc1noc2ccccc12. The molecule has 0 spiro atoms. The van der Waals surface area contributed by atoms with Crippen LogP contribution in [0.3, 0.4) is 0 Å². The lowest BCUT2D eigenvalue weighted by Crippen LogP contribution is -2.21. The fourth-order valence-electron chi connectivity index (χ4n) is 2.35. The standard InChI is InChI=1S/C17H18N2O/c1-19(12-11-14-7-3-2-4-8-14)13-16-15-9-5-6-10-17(15)20-18-16/h2-10H,11-13H2,1H3. The number of rotatable bonds is 5. The zero-order chi connectivity index (χ0) is 13.8. The van der Waals surface area contributed by atoms with Crippen molar-refractivity contribution in [2.45, 2.75) is 13.0 Å². The average Bonchev–Trinajstić information content (AvgIpc) is 2.90. The highest BCUT2D eigenvalue weighted by molar-refractivity contribution is 5.79. The number of aromatic nitrogens is 1. The fraction of sp³-hybridized carbons (Fsp3) is 0.235. The zero-order valence-electron chi connectivity index (χ0n) is 11.6. The van der Waals surface area contributed by atoms with Crippen LogP contribution in [0.25, 0.3) is 11.0 Å². The molecular weight excluding hydrogens is 248 g/mol. The highest BCUT2D eigenvalue weighted by atomic mass is 16.5. The number of para-hydroxylation sites is 1. The van der Waals surface area contributed by atoms with E-state index in [1.165, 1.54) is 5.56 Å². The molecule has 1 heterocycles. The van der Waals surface area contributed by atoms with Crippen molar-refractivity contribution in [1.29, 1.82) is 0 Å². The van der Waals surface area contributed by atoms with Gasteiger partial charge in [0.2, 0.25) is 0 Å². The number of nitrogens with zero attached hydrogens (tertiary/aromatic N) is 2. The van der Waals surface area contributed by atoms with Crippen LogP contribution in [0.15, 0.2) is 59.1 Å². The molecule has 0 bridgehead atoms. The van der Waals surface area contributed by atoms with Crippen LogP contribution in [0.5, 0.6) is 0 Å². The number of hydrogen-bond acceptors (Lipinski definition) is 3. The van der Waals surface area contributed by atoms with E-state index in [4.69, 9.17) is 4.52 Å². The molecule has 0 N–H and O–H groups in total. The van der Waals surface area contributed by atoms with E-state index >= 15 is 0 Å². The Balaban J connectivity index is 1.63. The molecule has 0 saturated heterocycles. The molecule has 3 nitrogen and oxygen atoms in total. The van der Waals surface area contributed by atoms with Gasteiger partial charge in [-0.3, -0.25) is 0 Å². The van der Waals surface area contributed by atoms with E-state index in [1.54, 1.807) is 0 Å². The van der Waals surface area contributed by atoms with Gasteiger partial charge in [0.25, 0.3) is 0 Å². The molecule has 3 heteroatoms. The molecule has 102 valence electrons. The molecule has 2 aromatic carbocycles. The molecule has 1 aromatic heterocycles. The third-order valence-corrected chi connectivity index (χ3v) is 3.50. The third kappa shape index (κ3) is 2.89. The van der Waals surface area contributed by atoms with E-state index in [2.05, 4.69) is 53.5 Å². The predicted octanol–water partition coefficient (Wildman–Crippen LogP) is 3.50. The highest BCUT2D eigenvalue weighted by Crippen LogP contribution is 2.18. The summed E-state index contributed by atoms with van der Waals surface area (Å²) in [6, 6.07) is 18.6. The van der Waals surface area contributed by atoms with Gasteiger partial charge in [0.15, 0.2) is 5.58 Å². The average molecular weight is 266 g/mol. The van der Waals surface area contributed by atoms with Crippen LogP contribution in [0.4, 0.5) is 0 Å². The van der Waals surface area contributed by atoms with Crippen molar-refractivity contribution in [2.24, 2.45) is 0 Å². The first-order valence-electron chi connectivity index (χ1n) is 6.89. The molecule has 0 aliphatic carbocycles. The molecule has 0 fully saturated rings. The highest BCUT2D eigenvalue weighted by Gasteiger charge is 2.09. The van der Waals surface area contributed by atoms with Crippen LogP contribution < -0.4 is 0 Å². The van der Waals surface area contributed by atoms with E-state index in [1.807, 2.05) is 18.2 Å². The topological polar surface area (TPSA) is 29.3 Å². The van der Waals surface area contributed by atoms with Gasteiger partial charge in [0, 0.05) is 18.5 Å². The van der Waals surface area contributed by atoms with Gasteiger partial charge in [-0.05, 0) is 31.2 Å². The first-order chi connectivity index (χ1) is 9.83. The van der Waals surface area contributed by atoms with Gasteiger partial charge in [-0.25, -0.2) is 0 Å². The first kappa shape index (κ1) is 12.9. The normalized spacial score (nSPS) is 11.3. The van der Waals surface area contributed by atoms with Gasteiger partial charge >= 0.3 is 0 Å². The number of likely N-dealkylation sites (N-methyl/N-ethyl adjacent to an activating group) is 1. The Morgan fingerprint density at radius 3 is 2.60 bits per heavy atom. The molecule has 0 amide bonds. The Morgan fingerprint density at radius 2 is 1.75 bits per heavy atom. The van der Waals surface area contributed by atoms with Crippen molar-refractivity contribution in [1.82, 2.24) is 10.1 Å². The molecule has 0 saturated carbocycles. The molecule has 0 unspecified atom stereocenters. The third-order valence-electron chi connectivity index (χ3n) is 3.50. The summed E-state index contributed by atoms with van der Waals surface area (Å²) in [4.78, 5) is 2.28. The summed E-state index contributed by atoms with van der Waals surface area (Å²) in [7, 11) is 2.12. The predicted molar refractivity (Wildman–Crippen MR) is 80.5 cm³/mol. The molecule has 3 aromatic rings. The minimum Gasteiger partial charge on any atom is -0.356 e. The summed E-state index contributed by atoms with van der Waals surface area (Å²) >= 11 is 0. The van der Waals surface area contributed by atoms with Gasteiger partial charge in [-0.15, -0.1) is 0 Å². The second-order valence-corrected chi connectivity index (χ2v) is 5.10. The molecular formula is C17H18N2O. The number of fused-ring (bicyclic) bond motifs is 1. The summed E-state index contributed by atoms with van der Waals surface area (Å²) in [5.74, 6) is 0. The van der Waals surface area contributed by atoms with Crippen molar-refractivity contribution < 1.29 is 4.52 Å². The van der Waals surface area contributed by atoms with Crippen molar-refractivity contribution >= 4 is 11.0 Å². The summed E-state index contributed by atoms with van der Waals surface area (Å²) in [6.07, 6.45) is 1.05. The number of benzene rings is 2. The number of hydrogen-bond donors (Lipinski definition) is 0. The van der Waals surface area contributed by atoms with E-state index < -0.39 is 0 Å². The van der Waals surface area contributed by atoms with Gasteiger partial charge < -0.3 is 9.42 Å². The lowest BCUT2D eigenvalue weighted by Gasteiger charge is -2.14. The maximum Gasteiger partial charge on any atom is 0.167 e. The Morgan fingerprint density at radius 1 is 1.00 bits per heavy atom. The maximum atomic E-state index is 5.34. The minimum absolute atomic E-state index is 0.809. The monoisotopic (exact) mass is 266 g/mol. The van der Waals surface area contributed by atoms with Crippen LogP contribution in [0.1, 0.15) is 11.3 Å². The maximum absolute atomic E-state index is 5.34. The van der Waals surface area contributed by atoms with Crippen molar-refractivity contribution in [3.05, 3.63) is 65.9 Å². The van der Waals surface area contributed by atoms with Gasteiger partial charge in [-0.2, -0.15) is 0 Å². The van der Waals surface area contributed by atoms with Crippen LogP contribution in [-0.2, 0) is 13.0 Å². The molecule has 0 aliphatic heterocycles. The fourth-order valence-corrected chi connectivity index (χ4v) is 2.35. The van der Waals surface area contributed by atoms with Crippen molar-refractivity contribution in [3.8, 4) is 0 Å². The molecule has 0 atom stereocenters. The molecule has 0 radical (unpaired) electrons. The smallest absolute Gasteiger partial charge is 0.167 e. The Hall–Kier alpha value is -2.13. The lowest BCUT2D eigenvalue weighted by atomic mass is 10.1. The first-order valence-corrected chi connectivity index (χ1v) is 6.89. The summed E-state index contributed by atoms with van der Waals surface area (Å²) in [6.45, 7) is 1.81. The largest absolute Gasteiger partial charge is 0.356 e. The second kappa shape index (κ2) is 5.88. The summed E-state index contributed by atoms with van der Waals surface area (Å²) in [5.41, 5.74) is 3.24. The summed E-state index contributed by atoms with van der Waals surface area (Å²) < 4.78 is 5.34. The van der Waals surface area contributed by atoms with Crippen molar-refractivity contribution in [3.63, 3.8) is 0 Å². The van der Waals surface area contributed by atoms with Gasteiger partial charge in [-0.1, -0.05) is 47.6 Å². The Bertz CT molecular complexity index is 676. The van der Waals surface area contributed by atoms with Crippen LogP contribution >= 0.6 is 0 Å².